The van der Waals surface area contributed by atoms with Gasteiger partial charge in [0.15, 0.2) is 0 Å². The molecular formula is C18H22FN3O2. The topological polar surface area (TPSA) is 58.2 Å². The van der Waals surface area contributed by atoms with E-state index in [0.717, 1.165) is 31.6 Å². The number of nitrogens with zero attached hydrogens (tertiary/aromatic N) is 2. The van der Waals surface area contributed by atoms with Crippen LogP contribution in [0.15, 0.2) is 36.5 Å². The van der Waals surface area contributed by atoms with E-state index in [1.165, 1.54) is 12.1 Å². The van der Waals surface area contributed by atoms with Crippen LogP contribution in [0.1, 0.15) is 37.3 Å². The zero-order valence-corrected chi connectivity index (χ0v) is 13.6. The highest BCUT2D eigenvalue weighted by Gasteiger charge is 2.25. The second-order valence-electron chi connectivity index (χ2n) is 6.10. The average Bonchev–Trinajstić information content (AvgIpc) is 3.13. The summed E-state index contributed by atoms with van der Waals surface area (Å²) in [5, 5.41) is 6.99. The molecule has 2 aromatic rings. The highest BCUT2D eigenvalue weighted by Crippen LogP contribution is 2.25. The summed E-state index contributed by atoms with van der Waals surface area (Å²) >= 11 is 0. The van der Waals surface area contributed by atoms with Crippen molar-refractivity contribution < 1.29 is 13.9 Å². The van der Waals surface area contributed by atoms with E-state index in [2.05, 4.69) is 10.2 Å². The molecule has 0 spiro atoms. The molecule has 6 heteroatoms. The van der Waals surface area contributed by atoms with Crippen LogP contribution in [-0.4, -0.2) is 40.7 Å². The molecule has 1 fully saturated rings. The van der Waals surface area contributed by atoms with Crippen molar-refractivity contribution in [3.05, 3.63) is 48.0 Å². The van der Waals surface area contributed by atoms with Gasteiger partial charge in [-0.05, 0) is 37.5 Å². The van der Waals surface area contributed by atoms with E-state index in [-0.39, 0.29) is 11.7 Å². The maximum absolute atomic E-state index is 13.1. The van der Waals surface area contributed by atoms with Crippen LogP contribution in [-0.2, 0) is 4.79 Å². The molecule has 1 amide bonds. The maximum Gasteiger partial charge on any atom is 0.222 e. The van der Waals surface area contributed by atoms with E-state index in [9.17, 15) is 9.18 Å². The second-order valence-corrected chi connectivity index (χ2v) is 6.10. The third-order valence-corrected chi connectivity index (χ3v) is 4.34. The van der Waals surface area contributed by atoms with E-state index >= 15 is 0 Å². The van der Waals surface area contributed by atoms with Crippen molar-refractivity contribution in [2.75, 3.05) is 19.7 Å². The quantitative estimate of drug-likeness (QED) is 0.828. The van der Waals surface area contributed by atoms with Gasteiger partial charge in [-0.1, -0.05) is 6.07 Å². The number of H-pyrrole nitrogens is 1. The summed E-state index contributed by atoms with van der Waals surface area (Å²) in [6.45, 7) is 1.97. The number of carbonyl (C=O) groups is 1. The number of carbonyl (C=O) groups excluding carboxylic acids is 1. The number of aromatic amines is 1. The summed E-state index contributed by atoms with van der Waals surface area (Å²) in [5.41, 5.74) is 1.10. The number of hydrogen-bond acceptors (Lipinski definition) is 3. The molecule has 1 saturated heterocycles. The number of rotatable bonds is 6. The summed E-state index contributed by atoms with van der Waals surface area (Å²) in [5.74, 6) is 0.678. The van der Waals surface area contributed by atoms with Gasteiger partial charge in [-0.25, -0.2) is 4.39 Å². The molecule has 0 unspecified atom stereocenters. The number of hydrogen-bond donors (Lipinski definition) is 1. The summed E-state index contributed by atoms with van der Waals surface area (Å²) in [7, 11) is 0. The molecule has 1 N–H and O–H groups in total. The van der Waals surface area contributed by atoms with Crippen molar-refractivity contribution in [3.63, 3.8) is 0 Å². The molecule has 128 valence electrons. The standard InChI is InChI=1S/C18H22FN3O2/c19-15-5-1-6-16(12-15)24-11-3-7-18(23)22-10-2-4-14(13-22)17-8-9-20-21-17/h1,5-6,8-9,12,14H,2-4,7,10-11,13H2,(H,20,21)/t14-/m1/s1. The van der Waals surface area contributed by atoms with E-state index in [1.54, 1.807) is 18.3 Å². The number of benzene rings is 1. The Labute approximate surface area is 140 Å². The summed E-state index contributed by atoms with van der Waals surface area (Å²) < 4.78 is 18.5. The predicted octanol–water partition coefficient (Wildman–Crippen LogP) is 3.11. The smallest absolute Gasteiger partial charge is 0.222 e. The fourth-order valence-corrected chi connectivity index (χ4v) is 3.08. The van der Waals surface area contributed by atoms with Crippen LogP contribution in [0.3, 0.4) is 0 Å². The Morgan fingerprint density at radius 1 is 1.42 bits per heavy atom. The Hall–Kier alpha value is -2.37. The Balaban J connectivity index is 1.41. The van der Waals surface area contributed by atoms with Crippen LogP contribution in [0.25, 0.3) is 0 Å². The molecule has 24 heavy (non-hydrogen) atoms. The van der Waals surface area contributed by atoms with Gasteiger partial charge < -0.3 is 9.64 Å². The van der Waals surface area contributed by atoms with E-state index < -0.39 is 0 Å². The Bertz CT molecular complexity index is 660. The normalized spacial score (nSPS) is 17.7. The SMILES string of the molecule is O=C(CCCOc1cccc(F)c1)N1CCC[C@@H](c2ccn[nH]2)C1. The molecule has 5 nitrogen and oxygen atoms in total. The van der Waals surface area contributed by atoms with Gasteiger partial charge in [0.05, 0.1) is 6.61 Å². The Morgan fingerprint density at radius 2 is 2.33 bits per heavy atom. The van der Waals surface area contributed by atoms with Crippen LogP contribution in [0, 0.1) is 5.82 Å². The van der Waals surface area contributed by atoms with Crippen LogP contribution < -0.4 is 4.74 Å². The van der Waals surface area contributed by atoms with Crippen molar-refractivity contribution in [2.24, 2.45) is 0 Å². The average molecular weight is 331 g/mol. The summed E-state index contributed by atoms with van der Waals surface area (Å²) in [6, 6.07) is 8.03. The van der Waals surface area contributed by atoms with Gasteiger partial charge in [0.1, 0.15) is 11.6 Å². The van der Waals surface area contributed by atoms with E-state index in [4.69, 9.17) is 4.74 Å². The van der Waals surface area contributed by atoms with Crippen molar-refractivity contribution in [2.45, 2.75) is 31.6 Å². The first-order valence-electron chi connectivity index (χ1n) is 8.38. The number of halogens is 1. The van der Waals surface area contributed by atoms with E-state index in [1.807, 2.05) is 11.0 Å². The van der Waals surface area contributed by atoms with Gasteiger partial charge in [-0.2, -0.15) is 5.10 Å². The molecule has 0 bridgehead atoms. The second kappa shape index (κ2) is 7.95. The molecular weight excluding hydrogens is 309 g/mol. The van der Waals surface area contributed by atoms with Gasteiger partial charge in [-0.15, -0.1) is 0 Å². The monoisotopic (exact) mass is 331 g/mol. The highest BCUT2D eigenvalue weighted by atomic mass is 19.1. The molecule has 1 aromatic heterocycles. The van der Waals surface area contributed by atoms with Crippen molar-refractivity contribution in [3.8, 4) is 5.75 Å². The fraction of sp³-hybridized carbons (Fsp3) is 0.444. The van der Waals surface area contributed by atoms with Crippen LogP contribution in [0.4, 0.5) is 4.39 Å². The lowest BCUT2D eigenvalue weighted by Crippen LogP contribution is -2.39. The van der Waals surface area contributed by atoms with Gasteiger partial charge >= 0.3 is 0 Å². The minimum atomic E-state index is -0.318. The maximum atomic E-state index is 13.1. The molecule has 0 saturated carbocycles. The number of aromatic nitrogens is 2. The molecule has 0 radical (unpaired) electrons. The molecule has 1 aromatic carbocycles. The molecule has 1 atom stereocenters. The third-order valence-electron chi connectivity index (χ3n) is 4.34. The summed E-state index contributed by atoms with van der Waals surface area (Å²) in [6.07, 6.45) is 4.91. The zero-order chi connectivity index (χ0) is 16.8. The van der Waals surface area contributed by atoms with E-state index in [0.29, 0.717) is 31.1 Å². The molecule has 2 heterocycles. The zero-order valence-electron chi connectivity index (χ0n) is 13.6. The third kappa shape index (κ3) is 4.34. The Kier molecular flexibility index (Phi) is 5.46. The van der Waals surface area contributed by atoms with Crippen LogP contribution in [0.2, 0.25) is 0 Å². The number of amides is 1. The van der Waals surface area contributed by atoms with Gasteiger partial charge in [0, 0.05) is 43.4 Å². The minimum Gasteiger partial charge on any atom is -0.493 e. The number of piperidine rings is 1. The van der Waals surface area contributed by atoms with Gasteiger partial charge in [0.25, 0.3) is 0 Å². The number of likely N-dealkylation sites (tertiary alicyclic amines) is 1. The summed E-state index contributed by atoms with van der Waals surface area (Å²) in [4.78, 5) is 14.3. The van der Waals surface area contributed by atoms with Gasteiger partial charge in [0.2, 0.25) is 5.91 Å². The largest absolute Gasteiger partial charge is 0.493 e. The lowest BCUT2D eigenvalue weighted by Gasteiger charge is -2.32. The lowest BCUT2D eigenvalue weighted by atomic mass is 9.94. The lowest BCUT2D eigenvalue weighted by molar-refractivity contribution is -0.132. The van der Waals surface area contributed by atoms with Gasteiger partial charge in [-0.3, -0.25) is 9.89 Å². The molecule has 1 aliphatic rings. The predicted molar refractivity (Wildman–Crippen MR) is 88.3 cm³/mol. The fourth-order valence-electron chi connectivity index (χ4n) is 3.08. The molecule has 1 aliphatic heterocycles. The number of ether oxygens (including phenoxy) is 1. The van der Waals surface area contributed by atoms with Crippen molar-refractivity contribution in [1.82, 2.24) is 15.1 Å². The molecule has 3 rings (SSSR count). The highest BCUT2D eigenvalue weighted by molar-refractivity contribution is 5.76. The first-order chi connectivity index (χ1) is 11.7. The first kappa shape index (κ1) is 16.5. The minimum absolute atomic E-state index is 0.155. The molecule has 0 aliphatic carbocycles. The van der Waals surface area contributed by atoms with Crippen molar-refractivity contribution >= 4 is 5.91 Å². The first-order valence-corrected chi connectivity index (χ1v) is 8.38. The van der Waals surface area contributed by atoms with Crippen LogP contribution >= 0.6 is 0 Å². The Morgan fingerprint density at radius 3 is 3.12 bits per heavy atom. The van der Waals surface area contributed by atoms with Crippen molar-refractivity contribution in [1.29, 1.82) is 0 Å². The number of nitrogens with one attached hydrogen (secondary N) is 1. The van der Waals surface area contributed by atoms with Crippen LogP contribution in [0.5, 0.6) is 5.75 Å².